The van der Waals surface area contributed by atoms with Gasteiger partial charge in [-0.15, -0.1) is 0 Å². The molecule has 1 atom stereocenters. The molecule has 30 heavy (non-hydrogen) atoms. The van der Waals surface area contributed by atoms with Crippen LogP contribution in [-0.2, 0) is 16.0 Å². The van der Waals surface area contributed by atoms with Gasteiger partial charge in [0.1, 0.15) is 0 Å². The Hall–Kier alpha value is -3.40. The predicted molar refractivity (Wildman–Crippen MR) is 122 cm³/mol. The molecule has 0 saturated carbocycles. The third-order valence-corrected chi connectivity index (χ3v) is 4.91. The Morgan fingerprint density at radius 3 is 1.80 bits per heavy atom. The number of nitrogens with one attached hydrogen (secondary N) is 1. The second kappa shape index (κ2) is 11.0. The number of carbonyl (C=O) groups excluding carboxylic acids is 2. The van der Waals surface area contributed by atoms with Gasteiger partial charge < -0.3 is 5.32 Å². The van der Waals surface area contributed by atoms with Gasteiger partial charge in [0.05, 0.1) is 0 Å². The number of para-hydroxylation sites is 2. The molecule has 0 unspecified atom stereocenters. The van der Waals surface area contributed by atoms with Gasteiger partial charge in [0.2, 0.25) is 11.8 Å². The summed E-state index contributed by atoms with van der Waals surface area (Å²) in [7, 11) is 0. The van der Waals surface area contributed by atoms with E-state index in [2.05, 4.69) is 17.4 Å². The van der Waals surface area contributed by atoms with E-state index < -0.39 is 0 Å². The Morgan fingerprint density at radius 1 is 0.767 bits per heavy atom. The molecule has 0 saturated heterocycles. The van der Waals surface area contributed by atoms with Crippen LogP contribution in [0.2, 0.25) is 0 Å². The zero-order valence-electron chi connectivity index (χ0n) is 17.3. The fourth-order valence-corrected chi connectivity index (χ4v) is 3.43. The summed E-state index contributed by atoms with van der Waals surface area (Å²) in [5, 5.41) is 2.96. The minimum atomic E-state index is -0.0517. The molecule has 0 aliphatic heterocycles. The lowest BCUT2D eigenvalue weighted by molar-refractivity contribution is -0.122. The largest absolute Gasteiger partial charge is 0.356 e. The molecule has 3 aromatic rings. The van der Waals surface area contributed by atoms with E-state index in [0.717, 1.165) is 17.8 Å². The third-order valence-electron chi connectivity index (χ3n) is 4.91. The number of anilines is 2. The minimum absolute atomic E-state index is 0.0165. The average Bonchev–Trinajstić information content (AvgIpc) is 2.76. The number of amides is 2. The smallest absolute Gasteiger partial charge is 0.231 e. The molecule has 154 valence electrons. The summed E-state index contributed by atoms with van der Waals surface area (Å²) >= 11 is 0. The first kappa shape index (κ1) is 21.3. The standard InChI is InChI=1S/C26H28N2O2/c1-21(19-25(29)27-18-17-22-11-5-2-6-12-22)20-26(30)28(23-13-7-3-8-14-23)24-15-9-4-10-16-24/h2-16,21H,17-20H2,1H3,(H,27,29)/t21-/m0/s1. The van der Waals surface area contributed by atoms with E-state index in [9.17, 15) is 9.59 Å². The van der Waals surface area contributed by atoms with Gasteiger partial charge in [0, 0.05) is 30.8 Å². The Bertz CT molecular complexity index is 888. The molecule has 0 aromatic heterocycles. The van der Waals surface area contributed by atoms with Crippen LogP contribution in [0.25, 0.3) is 0 Å². The Morgan fingerprint density at radius 2 is 1.27 bits per heavy atom. The summed E-state index contributed by atoms with van der Waals surface area (Å²) in [5.74, 6) is -0.0849. The van der Waals surface area contributed by atoms with Crippen LogP contribution < -0.4 is 10.2 Å². The van der Waals surface area contributed by atoms with Gasteiger partial charge in [-0.2, -0.15) is 0 Å². The third kappa shape index (κ3) is 6.31. The van der Waals surface area contributed by atoms with Crippen LogP contribution in [0.15, 0.2) is 91.0 Å². The maximum atomic E-state index is 13.1. The van der Waals surface area contributed by atoms with Crippen molar-refractivity contribution in [2.45, 2.75) is 26.2 Å². The summed E-state index contributed by atoms with van der Waals surface area (Å²) < 4.78 is 0. The fraction of sp³-hybridized carbons (Fsp3) is 0.231. The topological polar surface area (TPSA) is 49.4 Å². The average molecular weight is 401 g/mol. The van der Waals surface area contributed by atoms with E-state index in [1.807, 2.05) is 85.8 Å². The molecule has 0 bridgehead atoms. The van der Waals surface area contributed by atoms with E-state index in [0.29, 0.717) is 19.4 Å². The van der Waals surface area contributed by atoms with Gasteiger partial charge in [-0.1, -0.05) is 73.7 Å². The molecule has 0 fully saturated rings. The number of hydrogen-bond donors (Lipinski definition) is 1. The number of hydrogen-bond acceptors (Lipinski definition) is 2. The first-order valence-electron chi connectivity index (χ1n) is 10.4. The summed E-state index contributed by atoms with van der Waals surface area (Å²) in [6.07, 6.45) is 1.43. The molecule has 0 heterocycles. The monoisotopic (exact) mass is 400 g/mol. The number of nitrogens with zero attached hydrogens (tertiary/aromatic N) is 1. The maximum absolute atomic E-state index is 13.1. The fourth-order valence-electron chi connectivity index (χ4n) is 3.43. The molecule has 3 rings (SSSR count). The molecule has 0 spiro atoms. The van der Waals surface area contributed by atoms with Crippen LogP contribution in [0.4, 0.5) is 11.4 Å². The van der Waals surface area contributed by atoms with Crippen molar-refractivity contribution < 1.29 is 9.59 Å². The zero-order chi connectivity index (χ0) is 21.2. The van der Waals surface area contributed by atoms with Gasteiger partial charge in [0.25, 0.3) is 0 Å². The minimum Gasteiger partial charge on any atom is -0.356 e. The summed E-state index contributed by atoms with van der Waals surface area (Å²) in [5.41, 5.74) is 2.85. The molecule has 0 aliphatic rings. The zero-order valence-corrected chi connectivity index (χ0v) is 17.3. The number of carbonyl (C=O) groups is 2. The molecule has 0 aliphatic carbocycles. The highest BCUT2D eigenvalue weighted by Crippen LogP contribution is 2.27. The lowest BCUT2D eigenvalue weighted by Crippen LogP contribution is -2.30. The van der Waals surface area contributed by atoms with Crippen molar-refractivity contribution in [2.24, 2.45) is 5.92 Å². The van der Waals surface area contributed by atoms with Crippen LogP contribution in [0, 0.1) is 5.92 Å². The quantitative estimate of drug-likeness (QED) is 0.541. The first-order chi connectivity index (χ1) is 14.6. The number of benzene rings is 3. The molecular weight excluding hydrogens is 372 g/mol. The first-order valence-corrected chi connectivity index (χ1v) is 10.4. The van der Waals surface area contributed by atoms with Crippen LogP contribution in [-0.4, -0.2) is 18.4 Å². The Labute approximate surface area is 178 Å². The van der Waals surface area contributed by atoms with Crippen LogP contribution in [0.1, 0.15) is 25.3 Å². The normalized spacial score (nSPS) is 11.5. The second-order valence-electron chi connectivity index (χ2n) is 7.50. The van der Waals surface area contributed by atoms with E-state index in [-0.39, 0.29) is 17.7 Å². The Kier molecular flexibility index (Phi) is 7.78. The van der Waals surface area contributed by atoms with Gasteiger partial charge >= 0.3 is 0 Å². The maximum Gasteiger partial charge on any atom is 0.231 e. The van der Waals surface area contributed by atoms with E-state index in [4.69, 9.17) is 0 Å². The van der Waals surface area contributed by atoms with E-state index in [1.54, 1.807) is 4.90 Å². The van der Waals surface area contributed by atoms with E-state index in [1.165, 1.54) is 5.56 Å². The highest BCUT2D eigenvalue weighted by Gasteiger charge is 2.21. The molecule has 4 heteroatoms. The van der Waals surface area contributed by atoms with Crippen molar-refractivity contribution in [3.8, 4) is 0 Å². The van der Waals surface area contributed by atoms with Crippen molar-refractivity contribution >= 4 is 23.2 Å². The van der Waals surface area contributed by atoms with Gasteiger partial charge in [-0.3, -0.25) is 14.5 Å². The molecular formula is C26H28N2O2. The van der Waals surface area contributed by atoms with Gasteiger partial charge in [-0.25, -0.2) is 0 Å². The van der Waals surface area contributed by atoms with Crippen LogP contribution in [0.3, 0.4) is 0 Å². The molecule has 2 amide bonds. The second-order valence-corrected chi connectivity index (χ2v) is 7.50. The summed E-state index contributed by atoms with van der Waals surface area (Å²) in [6, 6.07) is 29.3. The van der Waals surface area contributed by atoms with Crippen molar-refractivity contribution in [1.29, 1.82) is 0 Å². The van der Waals surface area contributed by atoms with E-state index >= 15 is 0 Å². The van der Waals surface area contributed by atoms with Crippen molar-refractivity contribution in [3.63, 3.8) is 0 Å². The highest BCUT2D eigenvalue weighted by atomic mass is 16.2. The molecule has 4 nitrogen and oxygen atoms in total. The van der Waals surface area contributed by atoms with Crippen LogP contribution in [0.5, 0.6) is 0 Å². The van der Waals surface area contributed by atoms with Crippen molar-refractivity contribution in [2.75, 3.05) is 11.4 Å². The number of rotatable bonds is 9. The van der Waals surface area contributed by atoms with Gasteiger partial charge in [0.15, 0.2) is 0 Å². The SMILES string of the molecule is C[C@@H](CC(=O)NCCc1ccccc1)CC(=O)N(c1ccccc1)c1ccccc1. The summed E-state index contributed by atoms with van der Waals surface area (Å²) in [6.45, 7) is 2.55. The molecule has 3 aromatic carbocycles. The molecule has 0 radical (unpaired) electrons. The predicted octanol–water partition coefficient (Wildman–Crippen LogP) is 5.13. The van der Waals surface area contributed by atoms with Crippen LogP contribution >= 0.6 is 0 Å². The van der Waals surface area contributed by atoms with Gasteiger partial charge in [-0.05, 0) is 42.2 Å². The highest BCUT2D eigenvalue weighted by molar-refractivity contribution is 6.00. The molecule has 1 N–H and O–H groups in total. The lowest BCUT2D eigenvalue weighted by Gasteiger charge is -2.24. The Balaban J connectivity index is 1.55. The lowest BCUT2D eigenvalue weighted by atomic mass is 10.0. The van der Waals surface area contributed by atoms with Crippen molar-refractivity contribution in [3.05, 3.63) is 96.6 Å². The summed E-state index contributed by atoms with van der Waals surface area (Å²) in [4.78, 5) is 27.2. The van der Waals surface area contributed by atoms with Crippen molar-refractivity contribution in [1.82, 2.24) is 5.32 Å².